The van der Waals surface area contributed by atoms with E-state index < -0.39 is 0 Å². The number of hydrogen-bond acceptors (Lipinski definition) is 3. The van der Waals surface area contributed by atoms with Gasteiger partial charge < -0.3 is 10.6 Å². The summed E-state index contributed by atoms with van der Waals surface area (Å²) in [5.41, 5.74) is 0. The maximum Gasteiger partial charge on any atom is 0.0420 e. The molecule has 0 saturated carbocycles. The lowest BCUT2D eigenvalue weighted by Crippen LogP contribution is -2.39. The summed E-state index contributed by atoms with van der Waals surface area (Å²) in [6.07, 6.45) is 9.80. The Morgan fingerprint density at radius 2 is 1.90 bits per heavy atom. The summed E-state index contributed by atoms with van der Waals surface area (Å²) in [6.45, 7) is 11.2. The molecule has 0 aliphatic heterocycles. The zero-order valence-corrected chi connectivity index (χ0v) is 14.7. The van der Waals surface area contributed by atoms with Gasteiger partial charge in [0, 0.05) is 24.9 Å². The fraction of sp³-hybridized carbons (Fsp3) is 0.882. The van der Waals surface area contributed by atoms with Crippen LogP contribution in [-0.2, 0) is 0 Å². The Hall–Kier alpha value is -0.170. The summed E-state index contributed by atoms with van der Waals surface area (Å²) in [6, 6.07) is 0.597. The molecule has 118 valence electrons. The molecule has 0 aliphatic carbocycles. The van der Waals surface area contributed by atoms with E-state index in [9.17, 15) is 0 Å². The third kappa shape index (κ3) is 12.8. The summed E-state index contributed by atoms with van der Waals surface area (Å²) in [5.74, 6) is 6.47. The molecule has 0 rings (SSSR count). The Labute approximate surface area is 131 Å². The second-order valence-corrected chi connectivity index (χ2v) is 7.14. The molecule has 0 aromatic heterocycles. The van der Waals surface area contributed by atoms with Crippen molar-refractivity contribution < 1.29 is 0 Å². The van der Waals surface area contributed by atoms with Crippen molar-refractivity contribution >= 4 is 11.8 Å². The van der Waals surface area contributed by atoms with Crippen LogP contribution in [0, 0.1) is 24.2 Å². The first kappa shape index (κ1) is 19.8. The predicted octanol–water partition coefficient (Wildman–Crippen LogP) is 3.73. The molecule has 3 heteroatoms. The van der Waals surface area contributed by atoms with Crippen LogP contribution in [0.1, 0.15) is 53.4 Å². The van der Waals surface area contributed by atoms with E-state index >= 15 is 0 Å². The van der Waals surface area contributed by atoms with Crippen LogP contribution < -0.4 is 10.6 Å². The van der Waals surface area contributed by atoms with Crippen molar-refractivity contribution in [1.82, 2.24) is 10.6 Å². The Balaban J connectivity index is 3.71. The van der Waals surface area contributed by atoms with E-state index in [0.717, 1.165) is 37.7 Å². The average Bonchev–Trinajstić information content (AvgIpc) is 2.41. The Bertz CT molecular complexity index is 248. The molecule has 0 bridgehead atoms. The summed E-state index contributed by atoms with van der Waals surface area (Å²) in [4.78, 5) is 0. The van der Waals surface area contributed by atoms with Gasteiger partial charge in [-0.05, 0) is 37.0 Å². The smallest absolute Gasteiger partial charge is 0.0420 e. The highest BCUT2D eigenvalue weighted by atomic mass is 32.2. The molecule has 0 aromatic rings. The van der Waals surface area contributed by atoms with Gasteiger partial charge in [-0.2, -0.15) is 0 Å². The minimum absolute atomic E-state index is 0.597. The van der Waals surface area contributed by atoms with E-state index in [1.165, 1.54) is 18.6 Å². The molecular formula is C17H34N2S. The topological polar surface area (TPSA) is 24.1 Å². The molecule has 2 unspecified atom stereocenters. The SMILES string of the molecule is C#CCCC(C)CNCC(CCC)NCSCC(C)C. The molecule has 0 amide bonds. The van der Waals surface area contributed by atoms with E-state index in [1.54, 1.807) is 0 Å². The van der Waals surface area contributed by atoms with Crippen molar-refractivity contribution in [2.24, 2.45) is 11.8 Å². The summed E-state index contributed by atoms with van der Waals surface area (Å²) in [7, 11) is 0. The number of thioether (sulfide) groups is 1. The Morgan fingerprint density at radius 3 is 2.50 bits per heavy atom. The number of rotatable bonds is 13. The normalized spacial score (nSPS) is 14.2. The minimum atomic E-state index is 0.597. The number of nitrogens with one attached hydrogen (secondary N) is 2. The van der Waals surface area contributed by atoms with E-state index in [4.69, 9.17) is 6.42 Å². The quantitative estimate of drug-likeness (QED) is 0.308. The van der Waals surface area contributed by atoms with E-state index in [1.807, 2.05) is 11.8 Å². The van der Waals surface area contributed by atoms with Gasteiger partial charge in [0.05, 0.1) is 0 Å². The molecule has 2 nitrogen and oxygen atoms in total. The fourth-order valence-electron chi connectivity index (χ4n) is 2.03. The van der Waals surface area contributed by atoms with Gasteiger partial charge in [-0.3, -0.25) is 0 Å². The van der Waals surface area contributed by atoms with E-state index in [2.05, 4.69) is 44.2 Å². The second-order valence-electron chi connectivity index (χ2n) is 6.10. The van der Waals surface area contributed by atoms with Gasteiger partial charge in [0.15, 0.2) is 0 Å². The molecule has 0 aliphatic rings. The molecule has 0 radical (unpaired) electrons. The lowest BCUT2D eigenvalue weighted by molar-refractivity contribution is 0.429. The zero-order chi connectivity index (χ0) is 15.2. The van der Waals surface area contributed by atoms with Crippen molar-refractivity contribution in [3.63, 3.8) is 0 Å². The minimum Gasteiger partial charge on any atom is -0.315 e. The Kier molecular flexibility index (Phi) is 13.7. The molecule has 2 atom stereocenters. The van der Waals surface area contributed by atoms with E-state index in [-0.39, 0.29) is 0 Å². The van der Waals surface area contributed by atoms with Gasteiger partial charge in [-0.25, -0.2) is 0 Å². The van der Waals surface area contributed by atoms with E-state index in [0.29, 0.717) is 12.0 Å². The molecule has 2 N–H and O–H groups in total. The van der Waals surface area contributed by atoms with Crippen LogP contribution in [0.5, 0.6) is 0 Å². The van der Waals surface area contributed by atoms with Crippen LogP contribution in [0.25, 0.3) is 0 Å². The first-order valence-electron chi connectivity index (χ1n) is 8.05. The maximum absolute atomic E-state index is 5.30. The van der Waals surface area contributed by atoms with Crippen LogP contribution in [-0.4, -0.2) is 30.8 Å². The van der Waals surface area contributed by atoms with Crippen molar-refractivity contribution in [1.29, 1.82) is 0 Å². The fourth-order valence-corrected chi connectivity index (χ4v) is 2.97. The lowest BCUT2D eigenvalue weighted by atomic mass is 10.1. The maximum atomic E-state index is 5.30. The number of terminal acetylenes is 1. The molecular weight excluding hydrogens is 264 g/mol. The van der Waals surface area contributed by atoms with Gasteiger partial charge in [0.25, 0.3) is 0 Å². The molecule has 0 saturated heterocycles. The highest BCUT2D eigenvalue weighted by Gasteiger charge is 2.08. The molecule has 20 heavy (non-hydrogen) atoms. The van der Waals surface area contributed by atoms with Gasteiger partial charge in [-0.15, -0.1) is 24.1 Å². The molecule has 0 fully saturated rings. The van der Waals surface area contributed by atoms with Crippen LogP contribution >= 0.6 is 11.8 Å². The largest absolute Gasteiger partial charge is 0.315 e. The van der Waals surface area contributed by atoms with Gasteiger partial charge >= 0.3 is 0 Å². The molecule has 0 aromatic carbocycles. The van der Waals surface area contributed by atoms with Crippen LogP contribution in [0.4, 0.5) is 0 Å². The standard InChI is InChI=1S/C17H34N2S/c1-6-8-10-16(5)11-18-12-17(9-7-2)19-14-20-13-15(3)4/h1,15-19H,7-14H2,2-5H3. The first-order valence-corrected chi connectivity index (χ1v) is 9.20. The van der Waals surface area contributed by atoms with Crippen molar-refractivity contribution in [3.05, 3.63) is 0 Å². The predicted molar refractivity (Wildman–Crippen MR) is 94.1 cm³/mol. The van der Waals surface area contributed by atoms with Gasteiger partial charge in [0.1, 0.15) is 0 Å². The molecule has 0 heterocycles. The summed E-state index contributed by atoms with van der Waals surface area (Å²) >= 11 is 2.01. The van der Waals surface area contributed by atoms with Crippen LogP contribution in [0.2, 0.25) is 0 Å². The third-order valence-electron chi connectivity index (χ3n) is 3.23. The second kappa shape index (κ2) is 13.8. The summed E-state index contributed by atoms with van der Waals surface area (Å²) < 4.78 is 0. The highest BCUT2D eigenvalue weighted by molar-refractivity contribution is 7.99. The first-order chi connectivity index (χ1) is 9.60. The zero-order valence-electron chi connectivity index (χ0n) is 13.9. The lowest BCUT2D eigenvalue weighted by Gasteiger charge is -2.20. The van der Waals surface area contributed by atoms with Gasteiger partial charge in [0.2, 0.25) is 0 Å². The van der Waals surface area contributed by atoms with Crippen molar-refractivity contribution in [2.45, 2.75) is 59.4 Å². The number of hydrogen-bond donors (Lipinski definition) is 2. The third-order valence-corrected chi connectivity index (χ3v) is 4.50. The average molecular weight is 299 g/mol. The van der Waals surface area contributed by atoms with Crippen molar-refractivity contribution in [2.75, 3.05) is 24.7 Å². The van der Waals surface area contributed by atoms with Crippen LogP contribution in [0.15, 0.2) is 0 Å². The monoisotopic (exact) mass is 298 g/mol. The van der Waals surface area contributed by atoms with Crippen LogP contribution in [0.3, 0.4) is 0 Å². The highest BCUT2D eigenvalue weighted by Crippen LogP contribution is 2.07. The molecule has 0 spiro atoms. The Morgan fingerprint density at radius 1 is 1.15 bits per heavy atom. The van der Waals surface area contributed by atoms with Gasteiger partial charge in [-0.1, -0.05) is 34.1 Å². The van der Waals surface area contributed by atoms with Crippen molar-refractivity contribution in [3.8, 4) is 12.3 Å². The summed E-state index contributed by atoms with van der Waals surface area (Å²) in [5, 5.41) is 7.25.